The van der Waals surface area contributed by atoms with Crippen LogP contribution >= 0.6 is 11.6 Å². The molecular weight excluding hydrogens is 463 g/mol. The summed E-state index contributed by atoms with van der Waals surface area (Å²) in [6.45, 7) is 1.98. The molecule has 0 radical (unpaired) electrons. The van der Waals surface area contributed by atoms with Crippen LogP contribution in [0.2, 0.25) is 0 Å². The molecule has 5 unspecified atom stereocenters. The number of benzene rings is 1. The quantitative estimate of drug-likeness (QED) is 0.344. The van der Waals surface area contributed by atoms with E-state index < -0.39 is 11.7 Å². The third kappa shape index (κ3) is 4.37. The Morgan fingerprint density at radius 3 is 2.68 bits per heavy atom. The number of halogens is 4. The van der Waals surface area contributed by atoms with Gasteiger partial charge >= 0.3 is 12.1 Å². The number of nitrogens with zero attached hydrogens (tertiary/aromatic N) is 1. The molecule has 1 saturated heterocycles. The smallest absolute Gasteiger partial charge is 0.416 e. The van der Waals surface area contributed by atoms with Crippen molar-refractivity contribution < 1.29 is 22.7 Å². The predicted octanol–water partition coefficient (Wildman–Crippen LogP) is 7.00. The Kier molecular flexibility index (Phi) is 6.21. The molecule has 5 rings (SSSR count). The maximum absolute atomic E-state index is 13.0. The highest BCUT2D eigenvalue weighted by atomic mass is 35.5. The van der Waals surface area contributed by atoms with E-state index in [1.807, 2.05) is 19.1 Å². The second kappa shape index (κ2) is 9.03. The average Bonchev–Trinajstić information content (AvgIpc) is 3.10. The molecular formula is C27H27ClF3NO2. The van der Waals surface area contributed by atoms with Gasteiger partial charge < -0.3 is 4.74 Å². The van der Waals surface area contributed by atoms with Crippen molar-refractivity contribution in [1.29, 1.82) is 0 Å². The zero-order valence-corrected chi connectivity index (χ0v) is 19.6. The van der Waals surface area contributed by atoms with Gasteiger partial charge in [-0.15, -0.1) is 11.6 Å². The van der Waals surface area contributed by atoms with Crippen molar-refractivity contribution in [2.75, 3.05) is 0 Å². The minimum absolute atomic E-state index is 0.0872. The summed E-state index contributed by atoms with van der Waals surface area (Å²) >= 11 is 6.70. The molecule has 1 aliphatic heterocycles. The van der Waals surface area contributed by atoms with E-state index in [2.05, 4.69) is 11.1 Å². The molecule has 7 atom stereocenters. The molecule has 3 nitrogen and oxygen atoms in total. The standard InChI is InChI=1S/C27H27ClF3NO2/c1-15-25-21(20-6-3-7-24(28)22(20)13-23(25)26(33)34-15)11-10-19-9-8-17(14-32-19)16-4-2-5-18(12-16)27(29,30)31/h2,4-5,8-12,14-15,20-25H,3,6-7,13H2,1H3/t15-,20?,21+,22?,23?,24?,25?/m1/s1. The Balaban J connectivity index is 1.39. The Morgan fingerprint density at radius 2 is 1.94 bits per heavy atom. The van der Waals surface area contributed by atoms with E-state index >= 15 is 0 Å². The number of aromatic nitrogens is 1. The van der Waals surface area contributed by atoms with Crippen LogP contribution in [0.25, 0.3) is 17.2 Å². The van der Waals surface area contributed by atoms with Gasteiger partial charge in [-0.1, -0.05) is 30.7 Å². The number of hydrogen-bond acceptors (Lipinski definition) is 3. The molecule has 0 bridgehead atoms. The van der Waals surface area contributed by atoms with Crippen LogP contribution in [-0.2, 0) is 15.7 Å². The van der Waals surface area contributed by atoms with Crippen molar-refractivity contribution >= 4 is 23.6 Å². The highest BCUT2D eigenvalue weighted by Gasteiger charge is 2.55. The van der Waals surface area contributed by atoms with Gasteiger partial charge in [0.05, 0.1) is 17.2 Å². The summed E-state index contributed by atoms with van der Waals surface area (Å²) in [7, 11) is 0. The number of alkyl halides is 4. The number of allylic oxidation sites excluding steroid dienone is 1. The van der Waals surface area contributed by atoms with Crippen LogP contribution in [0.5, 0.6) is 0 Å². The fourth-order valence-corrected chi connectivity index (χ4v) is 6.77. The number of carbonyl (C=O) groups excluding carboxylic acids is 1. The number of rotatable bonds is 3. The van der Waals surface area contributed by atoms with Gasteiger partial charge in [0.15, 0.2) is 0 Å². The summed E-state index contributed by atoms with van der Waals surface area (Å²) in [5.41, 5.74) is 1.15. The van der Waals surface area contributed by atoms with Crippen molar-refractivity contribution in [2.45, 2.75) is 50.3 Å². The van der Waals surface area contributed by atoms with Crippen molar-refractivity contribution in [3.05, 3.63) is 59.9 Å². The van der Waals surface area contributed by atoms with Crippen molar-refractivity contribution in [3.8, 4) is 11.1 Å². The number of carbonyl (C=O) groups is 1. The Bertz CT molecular complexity index is 1080. The van der Waals surface area contributed by atoms with E-state index in [4.69, 9.17) is 16.3 Å². The van der Waals surface area contributed by atoms with Gasteiger partial charge in [0.1, 0.15) is 6.10 Å². The third-order valence-corrected chi connectivity index (χ3v) is 8.45. The molecule has 2 saturated carbocycles. The molecule has 3 aliphatic rings. The summed E-state index contributed by atoms with van der Waals surface area (Å²) in [5.74, 6) is 0.817. The van der Waals surface area contributed by atoms with Crippen molar-refractivity contribution in [3.63, 3.8) is 0 Å². The second-order valence-corrected chi connectivity index (χ2v) is 10.4. The predicted molar refractivity (Wildman–Crippen MR) is 125 cm³/mol. The van der Waals surface area contributed by atoms with E-state index in [9.17, 15) is 18.0 Å². The normalized spacial score (nSPS) is 33.4. The van der Waals surface area contributed by atoms with Crippen LogP contribution in [-0.4, -0.2) is 22.4 Å². The molecule has 2 heterocycles. The zero-order valence-electron chi connectivity index (χ0n) is 18.8. The van der Waals surface area contributed by atoms with Crippen LogP contribution in [0.4, 0.5) is 13.2 Å². The molecule has 7 heteroatoms. The summed E-state index contributed by atoms with van der Waals surface area (Å²) < 4.78 is 44.8. The first kappa shape index (κ1) is 23.4. The van der Waals surface area contributed by atoms with Gasteiger partial charge in [-0.05, 0) is 73.8 Å². The van der Waals surface area contributed by atoms with E-state index in [1.165, 1.54) is 6.07 Å². The van der Waals surface area contributed by atoms with Gasteiger partial charge in [-0.3, -0.25) is 9.78 Å². The molecule has 1 aromatic carbocycles. The number of esters is 1. The SMILES string of the molecule is C[C@H]1OC(=O)C2CC3C(Cl)CCCC3[C@H](C=Cc3ccc(-c4cccc(C(F)(F)F)c4)cn3)C21. The fourth-order valence-electron chi connectivity index (χ4n) is 6.32. The second-order valence-electron chi connectivity index (χ2n) is 9.82. The molecule has 2 aromatic rings. The van der Waals surface area contributed by atoms with Crippen LogP contribution in [0.15, 0.2) is 48.7 Å². The molecule has 0 amide bonds. The lowest BCUT2D eigenvalue weighted by Crippen LogP contribution is -2.46. The first-order valence-electron chi connectivity index (χ1n) is 11.9. The largest absolute Gasteiger partial charge is 0.462 e. The number of fused-ring (bicyclic) bond motifs is 2. The highest BCUT2D eigenvalue weighted by molar-refractivity contribution is 6.20. The Hall–Kier alpha value is -2.34. The maximum Gasteiger partial charge on any atom is 0.416 e. The number of pyridine rings is 1. The zero-order chi connectivity index (χ0) is 24.0. The molecule has 34 heavy (non-hydrogen) atoms. The van der Waals surface area contributed by atoms with Crippen LogP contribution in [0, 0.1) is 29.6 Å². The lowest BCUT2D eigenvalue weighted by atomic mass is 9.57. The van der Waals surface area contributed by atoms with Crippen molar-refractivity contribution in [1.82, 2.24) is 4.98 Å². The van der Waals surface area contributed by atoms with Gasteiger partial charge in [-0.2, -0.15) is 13.2 Å². The van der Waals surface area contributed by atoms with E-state index in [-0.39, 0.29) is 35.2 Å². The van der Waals surface area contributed by atoms with Crippen LogP contribution in [0.3, 0.4) is 0 Å². The first-order chi connectivity index (χ1) is 16.2. The molecule has 2 aliphatic carbocycles. The fraction of sp³-hybridized carbons (Fsp3) is 0.481. The van der Waals surface area contributed by atoms with Crippen molar-refractivity contribution in [2.24, 2.45) is 29.6 Å². The maximum atomic E-state index is 13.0. The van der Waals surface area contributed by atoms with E-state index in [1.54, 1.807) is 18.3 Å². The summed E-state index contributed by atoms with van der Waals surface area (Å²) in [6, 6.07) is 8.85. The topological polar surface area (TPSA) is 39.2 Å². The molecule has 180 valence electrons. The lowest BCUT2D eigenvalue weighted by molar-refractivity contribution is -0.144. The van der Waals surface area contributed by atoms with Gasteiger partial charge in [-0.25, -0.2) is 0 Å². The summed E-state index contributed by atoms with van der Waals surface area (Å²) in [6.07, 6.45) is 5.19. The Labute approximate surface area is 202 Å². The average molecular weight is 490 g/mol. The number of hydrogen-bond donors (Lipinski definition) is 0. The van der Waals surface area contributed by atoms with Gasteiger partial charge in [0.25, 0.3) is 0 Å². The van der Waals surface area contributed by atoms with E-state index in [0.717, 1.165) is 43.5 Å². The Morgan fingerprint density at radius 1 is 1.12 bits per heavy atom. The molecule has 0 spiro atoms. The van der Waals surface area contributed by atoms with Gasteiger partial charge in [0, 0.05) is 23.1 Å². The number of ether oxygens (including phenoxy) is 1. The first-order valence-corrected chi connectivity index (χ1v) is 12.3. The number of cyclic esters (lactones) is 1. The molecule has 1 aromatic heterocycles. The monoisotopic (exact) mass is 489 g/mol. The minimum atomic E-state index is -4.38. The lowest BCUT2D eigenvalue weighted by Gasteiger charge is -2.47. The summed E-state index contributed by atoms with van der Waals surface area (Å²) in [5, 5.41) is 0.0872. The van der Waals surface area contributed by atoms with Crippen LogP contribution < -0.4 is 0 Å². The minimum Gasteiger partial charge on any atom is -0.462 e. The molecule has 0 N–H and O–H groups in total. The van der Waals surface area contributed by atoms with Crippen LogP contribution in [0.1, 0.15) is 43.9 Å². The highest BCUT2D eigenvalue weighted by Crippen LogP contribution is 2.54. The third-order valence-electron chi connectivity index (χ3n) is 7.91. The summed E-state index contributed by atoms with van der Waals surface area (Å²) in [4.78, 5) is 17.0. The molecule has 3 fully saturated rings. The van der Waals surface area contributed by atoms with E-state index in [0.29, 0.717) is 23.0 Å². The van der Waals surface area contributed by atoms with Gasteiger partial charge in [0.2, 0.25) is 0 Å².